The number of aliphatic hydroxyl groups is 2. The second kappa shape index (κ2) is 29.6. The number of esters is 1. The number of aliphatic hydroxyl groups excluding tert-OH is 2. The molecule has 1 saturated heterocycles. The molecule has 6 amide bonds. The average Bonchev–Trinajstić information content (AvgIpc) is 1.65. The molecule has 8 N–H and O–H groups in total. The van der Waals surface area contributed by atoms with Crippen LogP contribution in [0, 0.1) is 18.8 Å². The maximum Gasteiger partial charge on any atom is 0.513 e. The number of primary amides is 1. The summed E-state index contributed by atoms with van der Waals surface area (Å²) in [7, 11) is 1.35. The maximum atomic E-state index is 15.4. The molecule has 3 aliphatic rings. The predicted molar refractivity (Wildman–Crippen MR) is 360 cm³/mol. The predicted octanol–water partition coefficient (Wildman–Crippen LogP) is 9.40. The van der Waals surface area contributed by atoms with Crippen molar-refractivity contribution < 1.29 is 67.5 Å². The van der Waals surface area contributed by atoms with E-state index in [2.05, 4.69) is 36.2 Å². The minimum Gasteiger partial charge on any atom is -0.469 e. The summed E-state index contributed by atoms with van der Waals surface area (Å²) in [4.78, 5) is 145. The monoisotopic (exact) mass is 1430 g/mol. The van der Waals surface area contributed by atoms with Crippen LogP contribution in [0.3, 0.4) is 0 Å². The van der Waals surface area contributed by atoms with Crippen molar-refractivity contribution >= 4 is 122 Å². The summed E-state index contributed by atoms with van der Waals surface area (Å²) < 4.78 is 20.8. The molecule has 1 saturated carbocycles. The fourth-order valence-electron chi connectivity index (χ4n) is 11.4. The topological polar surface area (TPSA) is 382 Å². The van der Waals surface area contributed by atoms with E-state index in [1.807, 2.05) is 0 Å². The van der Waals surface area contributed by atoms with Gasteiger partial charge in [0.25, 0.3) is 17.7 Å². The Morgan fingerprint density at radius 2 is 1.36 bits per heavy atom. The zero-order valence-electron chi connectivity index (χ0n) is 52.0. The summed E-state index contributed by atoms with van der Waals surface area (Å²) in [6, 6.07) is 13.7. The van der Waals surface area contributed by atoms with Crippen molar-refractivity contribution in [3.05, 3.63) is 142 Å². The maximum absolute atomic E-state index is 15.4. The highest BCUT2D eigenvalue weighted by Gasteiger charge is 2.46. The number of carbonyl (C=O) groups excluding carboxylic acids is 8. The van der Waals surface area contributed by atoms with E-state index in [1.165, 1.54) is 68.9 Å². The number of rotatable bonds is 12. The van der Waals surface area contributed by atoms with Gasteiger partial charge in [-0.15, -0.1) is 68.0 Å². The molecule has 2 aromatic carbocycles. The molecule has 9 aromatic rings. The van der Waals surface area contributed by atoms with Crippen LogP contribution in [0.5, 0.6) is 5.75 Å². The van der Waals surface area contributed by atoms with Gasteiger partial charge in [-0.05, 0) is 74.9 Å². The number of benzene rings is 2. The number of carbonyl (C=O) groups is 8. The molecule has 33 heteroatoms. The first kappa shape index (κ1) is 67.6. The van der Waals surface area contributed by atoms with Crippen molar-refractivity contribution in [2.45, 2.75) is 102 Å². The third-order valence-electron chi connectivity index (χ3n) is 16.4. The molecular weight excluding hydrogens is 1370 g/mol. The number of fused-ring (bicyclic) bond motifs is 16. The molecule has 9 heterocycles. The SMILES string of the molecule is CCOC(=O)Oc1ccc(C[C@@H]2NC(=O)c3csc(n3)[C@H]([C@H](O)c3ccccc3)NC(=O)c3nc(sc3C)[C@H](CC(N)=O)NC(=O)c3csc(n3)-c3ccc(-c4nc(NC(=O)O[C@H]5CC[C@H](C(=O)OC)CC5)cs4)nc3-c3csc(n3)-c3csc(n3)[C@@H]3[C@@H](C)[C@@H](O)CN3C2=O)cc1. The van der Waals surface area contributed by atoms with E-state index in [0.717, 1.165) is 34.0 Å². The van der Waals surface area contributed by atoms with Crippen molar-refractivity contribution in [2.24, 2.45) is 17.6 Å². The van der Waals surface area contributed by atoms with Gasteiger partial charge in [0, 0.05) is 56.2 Å². The van der Waals surface area contributed by atoms with E-state index in [1.54, 1.807) is 91.5 Å². The highest BCUT2D eigenvalue weighted by atomic mass is 32.1. The van der Waals surface area contributed by atoms with E-state index < -0.39 is 96.6 Å². The molecular formula is C64H61N13O14S6. The van der Waals surface area contributed by atoms with Gasteiger partial charge in [0.15, 0.2) is 0 Å². The fourth-order valence-corrected chi connectivity index (χ4v) is 16.7. The Labute approximate surface area is 576 Å². The van der Waals surface area contributed by atoms with Crippen LogP contribution in [-0.4, -0.2) is 136 Å². The fraction of sp³-hybridized carbons (Fsp3) is 0.328. The number of nitrogens with two attached hydrogens (primary N) is 1. The summed E-state index contributed by atoms with van der Waals surface area (Å²) in [6.45, 7) is 5.03. The van der Waals surface area contributed by atoms with E-state index in [9.17, 15) is 43.8 Å². The number of ether oxygens (including phenoxy) is 4. The Balaban J connectivity index is 0.913. The van der Waals surface area contributed by atoms with Crippen LogP contribution in [0.15, 0.2) is 93.6 Å². The van der Waals surface area contributed by atoms with Gasteiger partial charge in [-0.25, -0.2) is 44.5 Å². The van der Waals surface area contributed by atoms with Crippen LogP contribution >= 0.6 is 68.0 Å². The number of hydrogen-bond acceptors (Lipinski definition) is 27. The number of aromatic nitrogens is 7. The van der Waals surface area contributed by atoms with Crippen LogP contribution in [0.1, 0.15) is 133 Å². The number of amides is 6. The third kappa shape index (κ3) is 15.3. The van der Waals surface area contributed by atoms with Crippen LogP contribution in [0.25, 0.3) is 43.4 Å². The molecule has 27 nitrogen and oxygen atoms in total. The average molecular weight is 1430 g/mol. The lowest BCUT2D eigenvalue weighted by molar-refractivity contribution is -0.147. The quantitative estimate of drug-likeness (QED) is 0.0340. The number of nitrogens with zero attached hydrogens (tertiary/aromatic N) is 8. The number of pyridine rings is 1. The van der Waals surface area contributed by atoms with Gasteiger partial charge >= 0.3 is 18.2 Å². The second-order valence-corrected chi connectivity index (χ2v) is 28.4. The van der Waals surface area contributed by atoms with Gasteiger partial charge in [0.1, 0.15) is 100 Å². The standard InChI is InChI=1S/C64H61N13O14S6/c1-5-89-64(87)91-35-15-11-31(12-16-35)21-39-61(84)77-23-44(78)29(2)50(77)60-72-43(27-95-60)57-69-40(24-93-57)48-36(19-20-37(66-48)56-73-46(28-96-56)74-63(86)90-34-17-13-33(14-18-34)62(85)88-4)55-70-41(25-92-55)52(81)67-38(22-45(65)79)58-76-47(30(3)97-58)54(83)75-49(51(80)32-9-7-6-8-10-32)59-71-42(26-94-59)53(82)68-39/h6-12,15-16,19-20,24-29,33-34,38-39,44,49-51,78,80H,5,13-14,17-18,21-23H2,1-4H3,(H2,65,79)(H,67,81)(H,68,82)(H,74,86)(H,75,83)/t29-,33-,34-,38-,39-,44-,49-,50-,51+/m0/s1. The van der Waals surface area contributed by atoms with Crippen molar-refractivity contribution in [3.8, 4) is 49.1 Å². The Morgan fingerprint density at radius 1 is 0.701 bits per heavy atom. The van der Waals surface area contributed by atoms with Crippen LogP contribution in [0.2, 0.25) is 0 Å². The van der Waals surface area contributed by atoms with Gasteiger partial charge in [-0.2, -0.15) is 0 Å². The van der Waals surface area contributed by atoms with Gasteiger partial charge in [0.05, 0.1) is 49.9 Å². The summed E-state index contributed by atoms with van der Waals surface area (Å²) in [5, 5.41) is 45.1. The zero-order chi connectivity index (χ0) is 68.2. The number of hydrogen-bond donors (Lipinski definition) is 7. The second-order valence-electron chi connectivity index (χ2n) is 22.9. The van der Waals surface area contributed by atoms with Crippen LogP contribution in [-0.2, 0) is 35.0 Å². The Morgan fingerprint density at radius 3 is 2.10 bits per heavy atom. The lowest BCUT2D eigenvalue weighted by Crippen LogP contribution is -2.50. The Hall–Kier alpha value is -9.35. The van der Waals surface area contributed by atoms with Gasteiger partial charge < -0.3 is 55.7 Å². The van der Waals surface area contributed by atoms with E-state index >= 15 is 4.79 Å². The van der Waals surface area contributed by atoms with Gasteiger partial charge in [-0.1, -0.05) is 49.4 Å². The molecule has 97 heavy (non-hydrogen) atoms. The summed E-state index contributed by atoms with van der Waals surface area (Å²) in [6.07, 6.45) is -2.94. The highest BCUT2D eigenvalue weighted by Crippen LogP contribution is 2.43. The molecule has 12 rings (SSSR count). The summed E-state index contributed by atoms with van der Waals surface area (Å²) in [5.41, 5.74) is 8.42. The molecule has 0 radical (unpaired) electrons. The zero-order valence-corrected chi connectivity index (χ0v) is 56.9. The van der Waals surface area contributed by atoms with Crippen LogP contribution in [0.4, 0.5) is 15.4 Å². The lowest BCUT2D eigenvalue weighted by atomic mass is 9.87. The number of anilines is 1. The summed E-state index contributed by atoms with van der Waals surface area (Å²) in [5.74, 6) is -4.32. The van der Waals surface area contributed by atoms with E-state index in [0.29, 0.717) is 90.1 Å². The first-order valence-corrected chi connectivity index (χ1v) is 35.7. The number of methoxy groups -OCH3 is 1. The number of nitrogens with one attached hydrogen (secondary N) is 4. The molecule has 10 bridgehead atoms. The molecule has 7 aromatic heterocycles. The van der Waals surface area contributed by atoms with Gasteiger partial charge in [0.2, 0.25) is 11.8 Å². The number of thiazole rings is 6. The van der Waals surface area contributed by atoms with Crippen molar-refractivity contribution in [3.63, 3.8) is 0 Å². The molecule has 0 unspecified atom stereocenters. The molecule has 2 fully saturated rings. The molecule has 0 spiro atoms. The molecule has 1 aliphatic carbocycles. The largest absolute Gasteiger partial charge is 0.513 e. The van der Waals surface area contributed by atoms with Gasteiger partial charge in [-0.3, -0.25) is 34.1 Å². The van der Waals surface area contributed by atoms with E-state index in [-0.39, 0.29) is 70.1 Å². The number of aryl methyl sites for hydroxylation is 1. The highest BCUT2D eigenvalue weighted by molar-refractivity contribution is 7.15. The third-order valence-corrected chi connectivity index (χ3v) is 21.9. The first-order valence-electron chi connectivity index (χ1n) is 30.5. The van der Waals surface area contributed by atoms with Crippen LogP contribution < -0.4 is 31.7 Å². The van der Waals surface area contributed by atoms with E-state index in [4.69, 9.17) is 44.6 Å². The minimum atomic E-state index is -1.44. The first-order chi connectivity index (χ1) is 46.8. The minimum absolute atomic E-state index is 0.0383. The summed E-state index contributed by atoms with van der Waals surface area (Å²) >= 11 is 6.85. The lowest BCUT2D eigenvalue weighted by Gasteiger charge is -2.29. The Bertz CT molecular complexity index is 4430. The van der Waals surface area contributed by atoms with Crippen molar-refractivity contribution in [1.82, 2.24) is 55.7 Å². The molecule has 2 aliphatic heterocycles. The van der Waals surface area contributed by atoms with Crippen molar-refractivity contribution in [1.29, 1.82) is 0 Å². The molecule has 502 valence electrons. The molecule has 7 atom stereocenters. The normalized spacial score (nSPS) is 20.9. The van der Waals surface area contributed by atoms with Crippen molar-refractivity contribution in [2.75, 3.05) is 25.6 Å². The smallest absolute Gasteiger partial charge is 0.469 e. The Kier molecular flexibility index (Phi) is 20.6.